The lowest BCUT2D eigenvalue weighted by molar-refractivity contribution is -0.122. The Bertz CT molecular complexity index is 1090. The van der Waals surface area contributed by atoms with Crippen molar-refractivity contribution in [1.29, 1.82) is 0 Å². The number of nitrogens with zero attached hydrogens (tertiary/aromatic N) is 2. The van der Waals surface area contributed by atoms with Crippen molar-refractivity contribution in [1.82, 2.24) is 9.80 Å². The first-order valence-corrected chi connectivity index (χ1v) is 10.6. The standard InChI is InChI=1S/C25H25N3O4/c1-18(29)20-9-5-10-21(17-20)26-24(30)23(19-7-3-2-4-8-19)27-12-14-28(15-13-27)25(31)22-11-6-16-32-22/h2-11,16-17,23H,12-15H2,1H3,(H,26,30). The molecule has 0 aliphatic carbocycles. The van der Waals surface area contributed by atoms with E-state index in [1.165, 1.54) is 13.2 Å². The summed E-state index contributed by atoms with van der Waals surface area (Å²) >= 11 is 0. The van der Waals surface area contributed by atoms with E-state index in [2.05, 4.69) is 10.2 Å². The zero-order valence-corrected chi connectivity index (χ0v) is 17.9. The highest BCUT2D eigenvalue weighted by Gasteiger charge is 2.32. The smallest absolute Gasteiger partial charge is 0.289 e. The fourth-order valence-electron chi connectivity index (χ4n) is 3.93. The van der Waals surface area contributed by atoms with Gasteiger partial charge in [-0.2, -0.15) is 0 Å². The quantitative estimate of drug-likeness (QED) is 0.603. The number of hydrogen-bond acceptors (Lipinski definition) is 5. The van der Waals surface area contributed by atoms with E-state index >= 15 is 0 Å². The Hall–Kier alpha value is -3.71. The number of ketones is 1. The second kappa shape index (κ2) is 9.62. The average Bonchev–Trinajstić information content (AvgIpc) is 3.35. The molecule has 1 saturated heterocycles. The van der Waals surface area contributed by atoms with Gasteiger partial charge in [-0.25, -0.2) is 0 Å². The van der Waals surface area contributed by atoms with Crippen LogP contribution in [0.4, 0.5) is 5.69 Å². The van der Waals surface area contributed by atoms with Crippen LogP contribution in [0.1, 0.15) is 39.4 Å². The molecule has 0 saturated carbocycles. The molecule has 1 aliphatic rings. The number of piperazine rings is 1. The largest absolute Gasteiger partial charge is 0.459 e. The van der Waals surface area contributed by atoms with Crippen LogP contribution in [0, 0.1) is 0 Å². The van der Waals surface area contributed by atoms with Crippen LogP contribution in [0.3, 0.4) is 0 Å². The van der Waals surface area contributed by atoms with Crippen molar-refractivity contribution in [3.63, 3.8) is 0 Å². The van der Waals surface area contributed by atoms with Crippen LogP contribution in [-0.2, 0) is 4.79 Å². The zero-order chi connectivity index (χ0) is 22.5. The molecule has 164 valence electrons. The van der Waals surface area contributed by atoms with Crippen molar-refractivity contribution in [3.05, 3.63) is 89.9 Å². The summed E-state index contributed by atoms with van der Waals surface area (Å²) in [6.45, 7) is 3.59. The summed E-state index contributed by atoms with van der Waals surface area (Å²) in [5.41, 5.74) is 2.00. The fourth-order valence-corrected chi connectivity index (χ4v) is 3.93. The van der Waals surface area contributed by atoms with Crippen molar-refractivity contribution in [3.8, 4) is 0 Å². The summed E-state index contributed by atoms with van der Waals surface area (Å²) in [7, 11) is 0. The maximum atomic E-state index is 13.4. The molecule has 1 fully saturated rings. The summed E-state index contributed by atoms with van der Waals surface area (Å²) in [5.74, 6) is -0.0571. The summed E-state index contributed by atoms with van der Waals surface area (Å²) in [4.78, 5) is 41.5. The minimum absolute atomic E-state index is 0.0574. The van der Waals surface area contributed by atoms with Crippen molar-refractivity contribution < 1.29 is 18.8 Å². The topological polar surface area (TPSA) is 82.9 Å². The number of hydrogen-bond donors (Lipinski definition) is 1. The maximum Gasteiger partial charge on any atom is 0.289 e. The van der Waals surface area contributed by atoms with Crippen LogP contribution in [0.15, 0.2) is 77.4 Å². The molecule has 2 heterocycles. The Labute approximate surface area is 186 Å². The van der Waals surface area contributed by atoms with Crippen molar-refractivity contribution in [2.24, 2.45) is 0 Å². The Morgan fingerprint density at radius 2 is 1.66 bits per heavy atom. The Morgan fingerprint density at radius 1 is 0.906 bits per heavy atom. The first-order chi connectivity index (χ1) is 15.5. The van der Waals surface area contributed by atoms with Crippen LogP contribution in [-0.4, -0.2) is 53.6 Å². The van der Waals surface area contributed by atoms with Crippen LogP contribution in [0.5, 0.6) is 0 Å². The van der Waals surface area contributed by atoms with Crippen LogP contribution < -0.4 is 5.32 Å². The molecule has 4 rings (SSSR count). The summed E-state index contributed by atoms with van der Waals surface area (Å²) < 4.78 is 5.23. The predicted molar refractivity (Wildman–Crippen MR) is 120 cm³/mol. The SMILES string of the molecule is CC(=O)c1cccc(NC(=O)C(c2ccccc2)N2CCN(C(=O)c3ccco3)CC2)c1. The third kappa shape index (κ3) is 4.78. The van der Waals surface area contributed by atoms with Gasteiger partial charge in [0, 0.05) is 37.4 Å². The molecule has 32 heavy (non-hydrogen) atoms. The Morgan fingerprint density at radius 3 is 2.31 bits per heavy atom. The van der Waals surface area contributed by atoms with Crippen LogP contribution in [0.25, 0.3) is 0 Å². The molecule has 1 aliphatic heterocycles. The molecule has 1 unspecified atom stereocenters. The van der Waals surface area contributed by atoms with Gasteiger partial charge in [0.2, 0.25) is 5.91 Å². The molecule has 7 nitrogen and oxygen atoms in total. The molecule has 2 amide bonds. The molecule has 3 aromatic rings. The maximum absolute atomic E-state index is 13.4. The van der Waals surface area contributed by atoms with E-state index in [1.54, 1.807) is 41.3 Å². The van der Waals surface area contributed by atoms with Crippen LogP contribution in [0.2, 0.25) is 0 Å². The number of benzene rings is 2. The normalized spacial score (nSPS) is 15.2. The van der Waals surface area contributed by atoms with E-state index in [9.17, 15) is 14.4 Å². The van der Waals surface area contributed by atoms with Crippen molar-refractivity contribution in [2.75, 3.05) is 31.5 Å². The molecule has 0 spiro atoms. The second-order valence-corrected chi connectivity index (χ2v) is 7.74. The third-order valence-corrected chi connectivity index (χ3v) is 5.60. The predicted octanol–water partition coefficient (Wildman–Crippen LogP) is 3.62. The number of carbonyl (C=O) groups is 3. The van der Waals surface area contributed by atoms with Crippen molar-refractivity contribution in [2.45, 2.75) is 13.0 Å². The highest BCUT2D eigenvalue weighted by atomic mass is 16.3. The van der Waals surface area contributed by atoms with Gasteiger partial charge >= 0.3 is 0 Å². The number of anilines is 1. The van der Waals surface area contributed by atoms with Gasteiger partial charge in [0.05, 0.1) is 6.26 Å². The molecule has 0 bridgehead atoms. The van der Waals surface area contributed by atoms with Gasteiger partial charge in [-0.15, -0.1) is 0 Å². The van der Waals surface area contributed by atoms with Gasteiger partial charge in [-0.05, 0) is 36.8 Å². The number of furan rings is 1. The third-order valence-electron chi connectivity index (χ3n) is 5.60. The zero-order valence-electron chi connectivity index (χ0n) is 17.9. The number of amides is 2. The van der Waals surface area contributed by atoms with E-state index in [0.29, 0.717) is 43.2 Å². The van der Waals surface area contributed by atoms with Gasteiger partial charge < -0.3 is 14.6 Å². The first kappa shape index (κ1) is 21.5. The van der Waals surface area contributed by atoms with Gasteiger partial charge in [0.25, 0.3) is 5.91 Å². The lowest BCUT2D eigenvalue weighted by Gasteiger charge is -2.38. The van der Waals surface area contributed by atoms with Gasteiger partial charge in [0.15, 0.2) is 11.5 Å². The van der Waals surface area contributed by atoms with E-state index in [0.717, 1.165) is 5.56 Å². The average molecular weight is 431 g/mol. The van der Waals surface area contributed by atoms with Gasteiger partial charge in [-0.3, -0.25) is 19.3 Å². The van der Waals surface area contributed by atoms with E-state index in [-0.39, 0.29) is 17.6 Å². The minimum atomic E-state index is -0.516. The minimum Gasteiger partial charge on any atom is -0.459 e. The number of rotatable bonds is 6. The highest BCUT2D eigenvalue weighted by molar-refractivity contribution is 5.99. The van der Waals surface area contributed by atoms with Gasteiger partial charge in [-0.1, -0.05) is 42.5 Å². The van der Waals surface area contributed by atoms with E-state index < -0.39 is 6.04 Å². The lowest BCUT2D eigenvalue weighted by atomic mass is 10.0. The molecule has 1 N–H and O–H groups in total. The molecule has 1 aromatic heterocycles. The lowest BCUT2D eigenvalue weighted by Crippen LogP contribution is -2.51. The Balaban J connectivity index is 1.50. The summed E-state index contributed by atoms with van der Waals surface area (Å²) in [5, 5.41) is 2.96. The molecule has 1 atom stereocenters. The fraction of sp³-hybridized carbons (Fsp3) is 0.240. The molecular formula is C25H25N3O4. The molecule has 7 heteroatoms. The van der Waals surface area contributed by atoms with E-state index in [1.807, 2.05) is 30.3 Å². The monoisotopic (exact) mass is 431 g/mol. The molecular weight excluding hydrogens is 406 g/mol. The van der Waals surface area contributed by atoms with Gasteiger partial charge in [0.1, 0.15) is 6.04 Å². The number of Topliss-reactive ketones (excluding diaryl/α,β-unsaturated/α-hetero) is 1. The van der Waals surface area contributed by atoms with E-state index in [4.69, 9.17) is 4.42 Å². The summed E-state index contributed by atoms with van der Waals surface area (Å²) in [6, 6.07) is 19.3. The Kier molecular flexibility index (Phi) is 6.47. The molecule has 2 aromatic carbocycles. The first-order valence-electron chi connectivity index (χ1n) is 10.6. The van der Waals surface area contributed by atoms with Crippen LogP contribution >= 0.6 is 0 Å². The molecule has 0 radical (unpaired) electrons. The van der Waals surface area contributed by atoms with Crippen molar-refractivity contribution >= 4 is 23.3 Å². The number of nitrogens with one attached hydrogen (secondary N) is 1. The highest BCUT2D eigenvalue weighted by Crippen LogP contribution is 2.25. The second-order valence-electron chi connectivity index (χ2n) is 7.74. The summed E-state index contributed by atoms with van der Waals surface area (Å²) in [6.07, 6.45) is 1.49. The number of carbonyl (C=O) groups excluding carboxylic acids is 3.